The Morgan fingerprint density at radius 1 is 0.955 bits per heavy atom. The van der Waals surface area contributed by atoms with E-state index in [2.05, 4.69) is 0 Å². The maximum absolute atomic E-state index is 12.6. The summed E-state index contributed by atoms with van der Waals surface area (Å²) in [4.78, 5) is 14.4. The van der Waals surface area contributed by atoms with Crippen LogP contribution < -0.4 is 0 Å². The molecule has 1 aliphatic heterocycles. The van der Waals surface area contributed by atoms with E-state index in [1.54, 1.807) is 0 Å². The predicted molar refractivity (Wildman–Crippen MR) is 88.1 cm³/mol. The van der Waals surface area contributed by atoms with Crippen molar-refractivity contribution < 1.29 is 13.2 Å². The third kappa shape index (κ3) is 5.23. The average Bonchev–Trinajstić information content (AvgIpc) is 2.88. The fraction of sp³-hybridized carbons (Fsp3) is 0.938. The van der Waals surface area contributed by atoms with E-state index >= 15 is 0 Å². The number of carbonyl (C=O) groups is 1. The first-order valence-electron chi connectivity index (χ1n) is 8.73. The molecule has 0 N–H and O–H groups in total. The van der Waals surface area contributed by atoms with Gasteiger partial charge in [-0.2, -0.15) is 4.31 Å². The van der Waals surface area contributed by atoms with Gasteiger partial charge in [0.05, 0.1) is 12.8 Å². The molecule has 1 saturated heterocycles. The molecule has 2 aliphatic rings. The Morgan fingerprint density at radius 2 is 1.45 bits per heavy atom. The first-order valence-corrected chi connectivity index (χ1v) is 10.6. The van der Waals surface area contributed by atoms with Crippen LogP contribution in [-0.4, -0.2) is 55.5 Å². The van der Waals surface area contributed by atoms with Crippen molar-refractivity contribution in [1.29, 1.82) is 0 Å². The summed E-state index contributed by atoms with van der Waals surface area (Å²) >= 11 is 0. The van der Waals surface area contributed by atoms with Gasteiger partial charge in [-0.25, -0.2) is 8.42 Å². The molecule has 0 aromatic carbocycles. The summed E-state index contributed by atoms with van der Waals surface area (Å²) < 4.78 is 25.8. The van der Waals surface area contributed by atoms with Gasteiger partial charge in [-0.3, -0.25) is 4.79 Å². The first kappa shape index (κ1) is 17.7. The van der Waals surface area contributed by atoms with Crippen LogP contribution in [0.5, 0.6) is 0 Å². The van der Waals surface area contributed by atoms with Crippen LogP contribution in [0.1, 0.15) is 64.2 Å². The number of rotatable bonds is 4. The maximum Gasteiger partial charge on any atom is 0.237 e. The molecule has 0 unspecified atom stereocenters. The van der Waals surface area contributed by atoms with Crippen molar-refractivity contribution in [3.63, 3.8) is 0 Å². The minimum atomic E-state index is -3.34. The largest absolute Gasteiger partial charge is 0.342 e. The van der Waals surface area contributed by atoms with Crippen LogP contribution in [0.4, 0.5) is 0 Å². The van der Waals surface area contributed by atoms with Crippen LogP contribution in [-0.2, 0) is 14.8 Å². The highest BCUT2D eigenvalue weighted by molar-refractivity contribution is 7.88. The molecule has 0 radical (unpaired) electrons. The van der Waals surface area contributed by atoms with Crippen molar-refractivity contribution in [2.45, 2.75) is 70.3 Å². The highest BCUT2D eigenvalue weighted by atomic mass is 32.2. The average molecular weight is 330 g/mol. The van der Waals surface area contributed by atoms with Crippen molar-refractivity contribution in [1.82, 2.24) is 9.21 Å². The summed E-state index contributed by atoms with van der Waals surface area (Å²) in [6, 6.07) is 0.00780. The summed E-state index contributed by atoms with van der Waals surface area (Å²) in [5, 5.41) is 0. The third-order valence-corrected chi connectivity index (χ3v) is 6.19. The normalized spacial score (nSPS) is 22.4. The Balaban J connectivity index is 2.03. The zero-order chi connectivity index (χ0) is 16.0. The molecule has 1 heterocycles. The minimum Gasteiger partial charge on any atom is -0.342 e. The lowest BCUT2D eigenvalue weighted by Gasteiger charge is -2.30. The SMILES string of the molecule is CS(=O)(=O)N(CC(=O)N1CCCCCC1)C1CCCCCC1. The topological polar surface area (TPSA) is 57.7 Å². The van der Waals surface area contributed by atoms with Gasteiger partial charge in [0.1, 0.15) is 0 Å². The second kappa shape index (κ2) is 8.29. The summed E-state index contributed by atoms with van der Waals surface area (Å²) in [6.07, 6.45) is 11.9. The molecular formula is C16H30N2O3S. The van der Waals surface area contributed by atoms with Gasteiger partial charge in [0.15, 0.2) is 0 Å². The molecule has 0 bridgehead atoms. The number of nitrogens with zero attached hydrogens (tertiary/aromatic N) is 2. The van der Waals surface area contributed by atoms with E-state index in [0.29, 0.717) is 0 Å². The van der Waals surface area contributed by atoms with E-state index in [9.17, 15) is 13.2 Å². The lowest BCUT2D eigenvalue weighted by molar-refractivity contribution is -0.131. The molecule has 2 fully saturated rings. The van der Waals surface area contributed by atoms with Crippen molar-refractivity contribution >= 4 is 15.9 Å². The molecule has 1 amide bonds. The lowest BCUT2D eigenvalue weighted by Crippen LogP contribution is -2.47. The van der Waals surface area contributed by atoms with Gasteiger partial charge in [-0.15, -0.1) is 0 Å². The summed E-state index contributed by atoms with van der Waals surface area (Å²) in [5.74, 6) is -0.0171. The van der Waals surface area contributed by atoms with E-state index in [0.717, 1.165) is 51.6 Å². The Labute approximate surface area is 135 Å². The summed E-state index contributed by atoms with van der Waals surface area (Å²) in [7, 11) is -3.34. The fourth-order valence-corrected chi connectivity index (χ4v) is 4.71. The molecule has 5 nitrogen and oxygen atoms in total. The molecule has 22 heavy (non-hydrogen) atoms. The first-order chi connectivity index (χ1) is 10.5. The van der Waals surface area contributed by atoms with Crippen LogP contribution in [0.2, 0.25) is 0 Å². The minimum absolute atomic E-state index is 0.00780. The van der Waals surface area contributed by atoms with Gasteiger partial charge in [0, 0.05) is 19.1 Å². The fourth-order valence-electron chi connectivity index (χ4n) is 3.62. The van der Waals surface area contributed by atoms with E-state index < -0.39 is 10.0 Å². The number of sulfonamides is 1. The lowest BCUT2D eigenvalue weighted by atomic mass is 10.1. The highest BCUT2D eigenvalue weighted by Crippen LogP contribution is 2.24. The van der Waals surface area contributed by atoms with Gasteiger partial charge in [0.2, 0.25) is 15.9 Å². The molecular weight excluding hydrogens is 300 g/mol. The smallest absolute Gasteiger partial charge is 0.237 e. The Kier molecular flexibility index (Phi) is 6.68. The molecule has 0 aromatic rings. The number of amides is 1. The van der Waals surface area contributed by atoms with Gasteiger partial charge in [-0.1, -0.05) is 38.5 Å². The molecule has 6 heteroatoms. The van der Waals surface area contributed by atoms with Crippen LogP contribution in [0.15, 0.2) is 0 Å². The van der Waals surface area contributed by atoms with E-state index in [1.807, 2.05) is 4.90 Å². The number of likely N-dealkylation sites (tertiary alicyclic amines) is 1. The maximum atomic E-state index is 12.6. The van der Waals surface area contributed by atoms with Crippen molar-refractivity contribution in [3.05, 3.63) is 0 Å². The van der Waals surface area contributed by atoms with Gasteiger partial charge in [-0.05, 0) is 25.7 Å². The Bertz CT molecular complexity index is 448. The van der Waals surface area contributed by atoms with Crippen molar-refractivity contribution in [2.75, 3.05) is 25.9 Å². The molecule has 1 saturated carbocycles. The molecule has 2 rings (SSSR count). The van der Waals surface area contributed by atoms with E-state index in [-0.39, 0.29) is 18.5 Å². The van der Waals surface area contributed by atoms with E-state index in [4.69, 9.17) is 0 Å². The van der Waals surface area contributed by atoms with Gasteiger partial charge in [0.25, 0.3) is 0 Å². The number of hydrogen-bond donors (Lipinski definition) is 0. The second-order valence-corrected chi connectivity index (χ2v) is 8.68. The summed E-state index contributed by atoms with van der Waals surface area (Å²) in [5.41, 5.74) is 0. The van der Waals surface area contributed by atoms with Crippen molar-refractivity contribution in [3.8, 4) is 0 Å². The predicted octanol–water partition coefficient (Wildman–Crippen LogP) is 2.37. The van der Waals surface area contributed by atoms with Crippen LogP contribution in [0, 0.1) is 0 Å². The molecule has 128 valence electrons. The van der Waals surface area contributed by atoms with Gasteiger partial charge < -0.3 is 4.90 Å². The monoisotopic (exact) mass is 330 g/mol. The highest BCUT2D eigenvalue weighted by Gasteiger charge is 2.30. The summed E-state index contributed by atoms with van der Waals surface area (Å²) in [6.45, 7) is 1.59. The molecule has 0 atom stereocenters. The second-order valence-electron chi connectivity index (χ2n) is 6.75. The van der Waals surface area contributed by atoms with E-state index in [1.165, 1.54) is 36.2 Å². The number of hydrogen-bond acceptors (Lipinski definition) is 3. The van der Waals surface area contributed by atoms with Crippen LogP contribution >= 0.6 is 0 Å². The molecule has 0 aromatic heterocycles. The standard InChI is InChI=1S/C16H30N2O3S/c1-22(20,21)18(15-10-6-2-3-7-11-15)14-16(19)17-12-8-4-5-9-13-17/h15H,2-14H2,1H3. The van der Waals surface area contributed by atoms with Crippen LogP contribution in [0.3, 0.4) is 0 Å². The van der Waals surface area contributed by atoms with Crippen LogP contribution in [0.25, 0.3) is 0 Å². The molecule has 1 aliphatic carbocycles. The van der Waals surface area contributed by atoms with Gasteiger partial charge >= 0.3 is 0 Å². The number of carbonyl (C=O) groups excluding carboxylic acids is 1. The quantitative estimate of drug-likeness (QED) is 0.744. The Hall–Kier alpha value is -0.620. The molecule has 0 spiro atoms. The van der Waals surface area contributed by atoms with Crippen molar-refractivity contribution in [2.24, 2.45) is 0 Å². The Morgan fingerprint density at radius 3 is 1.95 bits per heavy atom. The third-order valence-electron chi connectivity index (χ3n) is 4.91. The zero-order valence-corrected chi connectivity index (χ0v) is 14.6. The zero-order valence-electron chi connectivity index (χ0n) is 13.8.